The lowest BCUT2D eigenvalue weighted by molar-refractivity contribution is -0.140. The lowest BCUT2D eigenvalue weighted by atomic mass is 10.0. The minimum Gasteiger partial charge on any atom is -0.480 e. The summed E-state index contributed by atoms with van der Waals surface area (Å²) in [6.07, 6.45) is 0. The topological polar surface area (TPSA) is 78.4 Å². The van der Waals surface area contributed by atoms with Gasteiger partial charge >= 0.3 is 5.97 Å². The van der Waals surface area contributed by atoms with Crippen molar-refractivity contribution in [2.45, 2.75) is 46.7 Å². The molecule has 5 heteroatoms. The van der Waals surface area contributed by atoms with Crippen LogP contribution in [0.4, 0.5) is 0 Å². The van der Waals surface area contributed by atoms with E-state index in [-0.39, 0.29) is 24.4 Å². The van der Waals surface area contributed by atoms with Crippen molar-refractivity contribution in [3.63, 3.8) is 0 Å². The molecule has 0 aliphatic carbocycles. The molecule has 0 aromatic heterocycles. The SMILES string of the molecule is CC(C)C(C)NC(=O)CNC(C(=O)O)C(C)C. The van der Waals surface area contributed by atoms with Crippen molar-refractivity contribution < 1.29 is 14.7 Å². The van der Waals surface area contributed by atoms with Crippen LogP contribution < -0.4 is 10.6 Å². The first-order valence-corrected chi connectivity index (χ1v) is 6.01. The molecule has 0 rings (SSSR count). The van der Waals surface area contributed by atoms with E-state index in [1.165, 1.54) is 0 Å². The molecule has 0 aliphatic rings. The molecule has 3 N–H and O–H groups in total. The van der Waals surface area contributed by atoms with Gasteiger partial charge in [-0.3, -0.25) is 14.9 Å². The van der Waals surface area contributed by atoms with Gasteiger partial charge in [0, 0.05) is 6.04 Å². The van der Waals surface area contributed by atoms with Crippen LogP contribution in [0, 0.1) is 11.8 Å². The molecule has 0 aromatic rings. The van der Waals surface area contributed by atoms with Crippen LogP contribution in [0.1, 0.15) is 34.6 Å². The van der Waals surface area contributed by atoms with E-state index in [0.29, 0.717) is 5.92 Å². The van der Waals surface area contributed by atoms with Crippen LogP contribution in [0.15, 0.2) is 0 Å². The number of aliphatic carboxylic acids is 1. The van der Waals surface area contributed by atoms with Gasteiger partial charge < -0.3 is 10.4 Å². The van der Waals surface area contributed by atoms with E-state index in [1.807, 2.05) is 20.8 Å². The summed E-state index contributed by atoms with van der Waals surface area (Å²) in [6, 6.07) is -0.596. The number of hydrogen-bond donors (Lipinski definition) is 3. The van der Waals surface area contributed by atoms with Gasteiger partial charge in [-0.2, -0.15) is 0 Å². The molecule has 1 amide bonds. The van der Waals surface area contributed by atoms with Crippen molar-refractivity contribution in [1.82, 2.24) is 10.6 Å². The predicted molar refractivity (Wildman–Crippen MR) is 66.7 cm³/mol. The fourth-order valence-corrected chi connectivity index (χ4v) is 1.28. The maximum absolute atomic E-state index is 11.5. The van der Waals surface area contributed by atoms with Crippen LogP contribution in [0.25, 0.3) is 0 Å². The fraction of sp³-hybridized carbons (Fsp3) is 0.833. The molecule has 0 radical (unpaired) electrons. The molecule has 5 nitrogen and oxygen atoms in total. The Balaban J connectivity index is 4.10. The van der Waals surface area contributed by atoms with Crippen LogP contribution in [0.2, 0.25) is 0 Å². The van der Waals surface area contributed by atoms with Crippen LogP contribution in [0.5, 0.6) is 0 Å². The minimum absolute atomic E-state index is 0.0339. The zero-order valence-corrected chi connectivity index (χ0v) is 11.3. The molecule has 0 bridgehead atoms. The number of hydrogen-bond acceptors (Lipinski definition) is 3. The average Bonchev–Trinajstić information content (AvgIpc) is 2.16. The third-order valence-corrected chi connectivity index (χ3v) is 2.80. The average molecular weight is 244 g/mol. The first kappa shape index (κ1) is 15.9. The summed E-state index contributed by atoms with van der Waals surface area (Å²) < 4.78 is 0. The summed E-state index contributed by atoms with van der Waals surface area (Å²) >= 11 is 0. The van der Waals surface area contributed by atoms with Crippen molar-refractivity contribution in [3.05, 3.63) is 0 Å². The Bertz CT molecular complexity index is 264. The number of carbonyl (C=O) groups is 2. The second kappa shape index (κ2) is 7.27. The van der Waals surface area contributed by atoms with Crippen molar-refractivity contribution >= 4 is 11.9 Å². The zero-order chi connectivity index (χ0) is 13.6. The predicted octanol–water partition coefficient (Wildman–Crippen LogP) is 0.846. The molecule has 0 aromatic carbocycles. The van der Waals surface area contributed by atoms with E-state index in [2.05, 4.69) is 10.6 Å². The molecule has 100 valence electrons. The molecular weight excluding hydrogens is 220 g/mol. The molecule has 0 aliphatic heterocycles. The summed E-state index contributed by atoms with van der Waals surface area (Å²) in [7, 11) is 0. The Morgan fingerprint density at radius 1 is 1.06 bits per heavy atom. The Morgan fingerprint density at radius 2 is 1.59 bits per heavy atom. The first-order valence-electron chi connectivity index (χ1n) is 6.01. The van der Waals surface area contributed by atoms with E-state index in [1.54, 1.807) is 13.8 Å². The van der Waals surface area contributed by atoms with Gasteiger partial charge in [0.25, 0.3) is 0 Å². The monoisotopic (exact) mass is 244 g/mol. The van der Waals surface area contributed by atoms with Crippen LogP contribution in [-0.2, 0) is 9.59 Å². The van der Waals surface area contributed by atoms with Gasteiger partial charge in [0.05, 0.1) is 6.54 Å². The van der Waals surface area contributed by atoms with Gasteiger partial charge in [0.2, 0.25) is 5.91 Å². The highest BCUT2D eigenvalue weighted by atomic mass is 16.4. The van der Waals surface area contributed by atoms with Crippen LogP contribution in [0.3, 0.4) is 0 Å². The molecule has 0 spiro atoms. The molecule has 17 heavy (non-hydrogen) atoms. The lowest BCUT2D eigenvalue weighted by Gasteiger charge is -2.20. The van der Waals surface area contributed by atoms with E-state index in [4.69, 9.17) is 5.11 Å². The number of rotatable bonds is 7. The summed E-state index contributed by atoms with van der Waals surface area (Å²) in [4.78, 5) is 22.4. The molecular formula is C12H24N2O3. The third kappa shape index (κ3) is 6.26. The van der Waals surface area contributed by atoms with Crippen LogP contribution in [-0.4, -0.2) is 35.6 Å². The normalized spacial score (nSPS) is 14.8. The molecule has 0 saturated heterocycles. The maximum atomic E-state index is 11.5. The van der Waals surface area contributed by atoms with Gasteiger partial charge in [-0.25, -0.2) is 0 Å². The summed E-state index contributed by atoms with van der Waals surface area (Å²) in [5.41, 5.74) is 0. The van der Waals surface area contributed by atoms with Crippen molar-refractivity contribution in [2.75, 3.05) is 6.54 Å². The molecule has 2 atom stereocenters. The van der Waals surface area contributed by atoms with Crippen molar-refractivity contribution in [2.24, 2.45) is 11.8 Å². The Labute approximate surface area is 103 Å². The number of amides is 1. The van der Waals surface area contributed by atoms with Gasteiger partial charge in [0.1, 0.15) is 6.04 Å². The van der Waals surface area contributed by atoms with Gasteiger partial charge in [0.15, 0.2) is 0 Å². The number of carboxylic acid groups (broad SMARTS) is 1. The third-order valence-electron chi connectivity index (χ3n) is 2.80. The molecule has 0 fully saturated rings. The van der Waals surface area contributed by atoms with E-state index in [0.717, 1.165) is 0 Å². The second-order valence-electron chi connectivity index (χ2n) is 5.04. The highest BCUT2D eigenvalue weighted by molar-refractivity contribution is 5.80. The van der Waals surface area contributed by atoms with Crippen molar-refractivity contribution in [1.29, 1.82) is 0 Å². The second-order valence-corrected chi connectivity index (χ2v) is 5.04. The number of carboxylic acids is 1. The zero-order valence-electron chi connectivity index (χ0n) is 11.3. The number of carbonyl (C=O) groups excluding carboxylic acids is 1. The smallest absolute Gasteiger partial charge is 0.320 e. The minimum atomic E-state index is -0.926. The molecule has 0 saturated carbocycles. The van der Waals surface area contributed by atoms with E-state index < -0.39 is 12.0 Å². The van der Waals surface area contributed by atoms with Crippen molar-refractivity contribution in [3.8, 4) is 0 Å². The Hall–Kier alpha value is -1.10. The van der Waals surface area contributed by atoms with E-state index >= 15 is 0 Å². The quantitative estimate of drug-likeness (QED) is 0.620. The Kier molecular flexibility index (Phi) is 6.80. The highest BCUT2D eigenvalue weighted by Crippen LogP contribution is 2.02. The summed E-state index contributed by atoms with van der Waals surface area (Å²) in [5, 5.41) is 14.5. The van der Waals surface area contributed by atoms with Gasteiger partial charge in [-0.1, -0.05) is 27.7 Å². The highest BCUT2D eigenvalue weighted by Gasteiger charge is 2.21. The first-order chi connectivity index (χ1) is 7.75. The summed E-state index contributed by atoms with van der Waals surface area (Å²) in [5.74, 6) is -0.787. The van der Waals surface area contributed by atoms with Gasteiger partial charge in [-0.15, -0.1) is 0 Å². The van der Waals surface area contributed by atoms with Crippen LogP contribution >= 0.6 is 0 Å². The lowest BCUT2D eigenvalue weighted by Crippen LogP contribution is -2.47. The van der Waals surface area contributed by atoms with Gasteiger partial charge in [-0.05, 0) is 18.8 Å². The molecule has 0 heterocycles. The van der Waals surface area contributed by atoms with E-state index in [9.17, 15) is 9.59 Å². The Morgan fingerprint density at radius 3 is 1.94 bits per heavy atom. The fourth-order valence-electron chi connectivity index (χ4n) is 1.28. The largest absolute Gasteiger partial charge is 0.480 e. The standard InChI is InChI=1S/C12H24N2O3/c1-7(2)9(5)14-10(15)6-13-11(8(3)4)12(16)17/h7-9,11,13H,6H2,1-5H3,(H,14,15)(H,16,17). The summed E-state index contributed by atoms with van der Waals surface area (Å²) in [6.45, 7) is 9.62. The number of nitrogens with one attached hydrogen (secondary N) is 2. The maximum Gasteiger partial charge on any atom is 0.320 e. The molecule has 2 unspecified atom stereocenters.